The van der Waals surface area contributed by atoms with Crippen molar-refractivity contribution in [3.8, 4) is 0 Å². The van der Waals surface area contributed by atoms with E-state index in [2.05, 4.69) is 15.6 Å². The van der Waals surface area contributed by atoms with Gasteiger partial charge in [0.2, 0.25) is 10.0 Å². The van der Waals surface area contributed by atoms with Gasteiger partial charge in [0.25, 0.3) is 5.91 Å². The van der Waals surface area contributed by atoms with Crippen molar-refractivity contribution >= 4 is 38.7 Å². The third kappa shape index (κ3) is 5.25. The van der Waals surface area contributed by atoms with Crippen LogP contribution in [0.5, 0.6) is 0 Å². The predicted molar refractivity (Wildman–Crippen MR) is 110 cm³/mol. The zero-order valence-electron chi connectivity index (χ0n) is 16.0. The number of nitrogens with zero attached hydrogens (tertiary/aromatic N) is 4. The molecule has 0 spiro atoms. The number of hydrogen-bond acceptors (Lipinski definition) is 7. The van der Waals surface area contributed by atoms with Crippen molar-refractivity contribution in [1.29, 1.82) is 0 Å². The molecule has 0 aliphatic carbocycles. The first-order valence-corrected chi connectivity index (χ1v) is 11.2. The Morgan fingerprint density at radius 2 is 1.97 bits per heavy atom. The van der Waals surface area contributed by atoms with Crippen LogP contribution in [-0.2, 0) is 14.8 Å². The summed E-state index contributed by atoms with van der Waals surface area (Å²) in [7, 11) is -0.704. The van der Waals surface area contributed by atoms with Crippen LogP contribution in [0.3, 0.4) is 0 Å². The van der Waals surface area contributed by atoms with Crippen molar-refractivity contribution in [2.75, 3.05) is 33.0 Å². The van der Waals surface area contributed by atoms with E-state index in [4.69, 9.17) is 4.84 Å². The highest BCUT2D eigenvalue weighted by molar-refractivity contribution is 7.99. The standard InChI is InChI=1S/C18H21N5O4S2/c1-22(2)29(25,26)15-8-9-16-17(12-15)23(21-20-16)27-13-18(24)19-10-11-28-14-6-4-3-5-7-14/h3-9,12H,10-11,13H2,1-2H3,(H,19,24). The SMILES string of the molecule is CN(C)S(=O)(=O)c1ccc2nnn(OCC(=O)NCCSc3ccccc3)c2c1. The number of carbonyl (C=O) groups is 1. The van der Waals surface area contributed by atoms with Crippen molar-refractivity contribution in [1.82, 2.24) is 24.8 Å². The molecule has 0 saturated carbocycles. The van der Waals surface area contributed by atoms with Crippen LogP contribution in [0, 0.1) is 0 Å². The molecule has 0 aliphatic rings. The topological polar surface area (TPSA) is 106 Å². The molecule has 0 atom stereocenters. The molecule has 0 saturated heterocycles. The number of aromatic nitrogens is 3. The van der Waals surface area contributed by atoms with E-state index in [1.165, 1.54) is 26.2 Å². The maximum Gasteiger partial charge on any atom is 0.260 e. The molecule has 0 radical (unpaired) electrons. The number of nitrogens with one attached hydrogen (secondary N) is 1. The second-order valence-corrected chi connectivity index (χ2v) is 9.51. The average molecular weight is 436 g/mol. The molecule has 1 N–H and O–H groups in total. The maximum atomic E-state index is 12.3. The Morgan fingerprint density at radius 3 is 2.69 bits per heavy atom. The normalized spacial score (nSPS) is 11.7. The Morgan fingerprint density at radius 1 is 1.21 bits per heavy atom. The van der Waals surface area contributed by atoms with Gasteiger partial charge in [-0.25, -0.2) is 12.7 Å². The third-order valence-electron chi connectivity index (χ3n) is 3.92. The van der Waals surface area contributed by atoms with Gasteiger partial charge in [-0.2, -0.15) is 0 Å². The van der Waals surface area contributed by atoms with E-state index < -0.39 is 10.0 Å². The van der Waals surface area contributed by atoms with Crippen molar-refractivity contribution < 1.29 is 18.0 Å². The summed E-state index contributed by atoms with van der Waals surface area (Å²) >= 11 is 1.64. The molecule has 1 amide bonds. The summed E-state index contributed by atoms with van der Waals surface area (Å²) in [5.74, 6) is 0.424. The van der Waals surface area contributed by atoms with Crippen LogP contribution < -0.4 is 10.2 Å². The van der Waals surface area contributed by atoms with Gasteiger partial charge in [-0.1, -0.05) is 23.0 Å². The van der Waals surface area contributed by atoms with Crippen LogP contribution >= 0.6 is 11.8 Å². The van der Waals surface area contributed by atoms with Crippen LogP contribution in [0.2, 0.25) is 0 Å². The van der Waals surface area contributed by atoms with Crippen LogP contribution in [0.1, 0.15) is 0 Å². The maximum absolute atomic E-state index is 12.3. The largest absolute Gasteiger partial charge is 0.385 e. The van der Waals surface area contributed by atoms with Crippen LogP contribution in [0.4, 0.5) is 0 Å². The summed E-state index contributed by atoms with van der Waals surface area (Å²) in [5, 5.41) is 10.5. The molecule has 0 unspecified atom stereocenters. The number of carbonyl (C=O) groups excluding carboxylic acids is 1. The first-order valence-electron chi connectivity index (χ1n) is 8.74. The quantitative estimate of drug-likeness (QED) is 0.395. The number of benzene rings is 2. The van der Waals surface area contributed by atoms with Crippen LogP contribution in [0.15, 0.2) is 58.3 Å². The van der Waals surface area contributed by atoms with Crippen LogP contribution in [-0.4, -0.2) is 66.8 Å². The molecule has 9 nitrogen and oxygen atoms in total. The molecule has 2 aromatic carbocycles. The van der Waals surface area contributed by atoms with E-state index in [9.17, 15) is 13.2 Å². The molecule has 154 valence electrons. The number of fused-ring (bicyclic) bond motifs is 1. The third-order valence-corrected chi connectivity index (χ3v) is 6.74. The Kier molecular flexibility index (Phi) is 6.72. The van der Waals surface area contributed by atoms with E-state index >= 15 is 0 Å². The number of rotatable bonds is 9. The molecular weight excluding hydrogens is 414 g/mol. The fourth-order valence-corrected chi connectivity index (χ4v) is 4.10. The van der Waals surface area contributed by atoms with E-state index in [0.29, 0.717) is 17.6 Å². The van der Waals surface area contributed by atoms with Gasteiger partial charge in [-0.15, -0.1) is 16.9 Å². The van der Waals surface area contributed by atoms with E-state index in [0.717, 1.165) is 19.8 Å². The van der Waals surface area contributed by atoms with Crippen LogP contribution in [0.25, 0.3) is 11.0 Å². The minimum Gasteiger partial charge on any atom is -0.385 e. The van der Waals surface area contributed by atoms with Gasteiger partial charge in [0.05, 0.1) is 4.90 Å². The number of amides is 1. The first kappa shape index (κ1) is 21.1. The smallest absolute Gasteiger partial charge is 0.260 e. The molecule has 1 aromatic heterocycles. The predicted octanol–water partition coefficient (Wildman–Crippen LogP) is 1.02. The van der Waals surface area contributed by atoms with Gasteiger partial charge in [-0.05, 0) is 35.5 Å². The lowest BCUT2D eigenvalue weighted by atomic mass is 10.3. The van der Waals surface area contributed by atoms with Gasteiger partial charge in [0.15, 0.2) is 6.61 Å². The van der Waals surface area contributed by atoms with Gasteiger partial charge < -0.3 is 10.2 Å². The van der Waals surface area contributed by atoms with Crippen molar-refractivity contribution in [3.63, 3.8) is 0 Å². The number of hydrogen-bond donors (Lipinski definition) is 1. The number of thioether (sulfide) groups is 1. The second kappa shape index (κ2) is 9.25. The molecule has 0 fully saturated rings. The van der Waals surface area contributed by atoms with Crippen molar-refractivity contribution in [3.05, 3.63) is 48.5 Å². The van der Waals surface area contributed by atoms with Gasteiger partial charge in [-0.3, -0.25) is 4.79 Å². The molecule has 3 aromatic rings. The molecule has 0 bridgehead atoms. The Hall–Kier alpha value is -2.63. The zero-order valence-corrected chi connectivity index (χ0v) is 17.6. The van der Waals surface area contributed by atoms with E-state index in [1.807, 2.05) is 30.3 Å². The highest BCUT2D eigenvalue weighted by Crippen LogP contribution is 2.19. The fraction of sp³-hybridized carbons (Fsp3) is 0.278. The molecular formula is C18H21N5O4S2. The Bertz CT molecular complexity index is 1080. The molecule has 29 heavy (non-hydrogen) atoms. The summed E-state index contributed by atoms with van der Waals surface area (Å²) < 4.78 is 25.7. The summed E-state index contributed by atoms with van der Waals surface area (Å²) in [4.78, 5) is 19.7. The van der Waals surface area contributed by atoms with Gasteiger partial charge in [0.1, 0.15) is 11.0 Å². The second-order valence-electron chi connectivity index (χ2n) is 6.19. The number of sulfonamides is 1. The molecule has 1 heterocycles. The molecule has 0 aliphatic heterocycles. The lowest BCUT2D eigenvalue weighted by Crippen LogP contribution is -2.33. The van der Waals surface area contributed by atoms with E-state index in [-0.39, 0.29) is 17.4 Å². The van der Waals surface area contributed by atoms with Gasteiger partial charge >= 0.3 is 0 Å². The summed E-state index contributed by atoms with van der Waals surface area (Å²) in [5.41, 5.74) is 0.822. The highest BCUT2D eigenvalue weighted by atomic mass is 32.2. The molecule has 11 heteroatoms. The summed E-state index contributed by atoms with van der Waals surface area (Å²) in [6.07, 6.45) is 0. The lowest BCUT2D eigenvalue weighted by Gasteiger charge is -2.11. The molecule has 3 rings (SSSR count). The van der Waals surface area contributed by atoms with E-state index in [1.54, 1.807) is 17.8 Å². The van der Waals surface area contributed by atoms with Crippen molar-refractivity contribution in [2.45, 2.75) is 9.79 Å². The fourth-order valence-electron chi connectivity index (χ4n) is 2.39. The summed E-state index contributed by atoms with van der Waals surface area (Å²) in [6.45, 7) is 0.226. The minimum absolute atomic E-state index is 0.0875. The minimum atomic E-state index is -3.60. The first-order chi connectivity index (χ1) is 13.9. The monoisotopic (exact) mass is 435 g/mol. The lowest BCUT2D eigenvalue weighted by molar-refractivity contribution is -0.126. The van der Waals surface area contributed by atoms with Crippen molar-refractivity contribution in [2.24, 2.45) is 0 Å². The average Bonchev–Trinajstić information content (AvgIpc) is 3.12. The summed E-state index contributed by atoms with van der Waals surface area (Å²) in [6, 6.07) is 14.3. The van der Waals surface area contributed by atoms with Gasteiger partial charge in [0, 0.05) is 31.3 Å². The highest BCUT2D eigenvalue weighted by Gasteiger charge is 2.19. The Labute approximate surface area is 173 Å². The Balaban J connectivity index is 1.55. The zero-order chi connectivity index (χ0) is 20.9.